The summed E-state index contributed by atoms with van der Waals surface area (Å²) >= 11 is 0. The summed E-state index contributed by atoms with van der Waals surface area (Å²) in [5.74, 6) is 0.721. The third-order valence-corrected chi connectivity index (χ3v) is 4.11. The maximum Gasteiger partial charge on any atom is 0.138 e. The second-order valence-electron chi connectivity index (χ2n) is 5.66. The van der Waals surface area contributed by atoms with E-state index in [9.17, 15) is 4.79 Å². The van der Waals surface area contributed by atoms with Gasteiger partial charge in [-0.05, 0) is 18.3 Å². The van der Waals surface area contributed by atoms with Crippen LogP contribution in [0.2, 0.25) is 0 Å². The molecule has 0 aromatic rings. The first-order chi connectivity index (χ1) is 6.50. The highest BCUT2D eigenvalue weighted by Crippen LogP contribution is 2.44. The molecule has 2 atom stereocenters. The number of carbonyl (C=O) groups excluding carboxylic acids is 1. The van der Waals surface area contributed by atoms with Crippen molar-refractivity contribution >= 4 is 5.78 Å². The van der Waals surface area contributed by atoms with Gasteiger partial charge >= 0.3 is 0 Å². The lowest BCUT2D eigenvalue weighted by molar-refractivity contribution is -0.128. The molecule has 0 aromatic carbocycles. The van der Waals surface area contributed by atoms with Crippen molar-refractivity contribution in [3.63, 3.8) is 0 Å². The van der Waals surface area contributed by atoms with Crippen LogP contribution in [0.15, 0.2) is 0 Å². The third-order valence-electron chi connectivity index (χ3n) is 4.11. The minimum Gasteiger partial charge on any atom is -0.299 e. The molecular formula is C12H21NO. The molecule has 1 heterocycles. The molecule has 0 radical (unpaired) electrons. The van der Waals surface area contributed by atoms with Crippen LogP contribution < -0.4 is 0 Å². The SMILES string of the molecule is CC1CN(C2CCC2(C)C)CCC1=O. The fraction of sp³-hybridized carbons (Fsp3) is 0.917. The minimum atomic E-state index is 0.264. The van der Waals surface area contributed by atoms with Gasteiger partial charge in [-0.25, -0.2) is 0 Å². The van der Waals surface area contributed by atoms with Gasteiger partial charge in [0.05, 0.1) is 0 Å². The van der Waals surface area contributed by atoms with Crippen molar-refractivity contribution in [2.45, 2.75) is 46.1 Å². The molecular weight excluding hydrogens is 174 g/mol. The predicted octanol–water partition coefficient (Wildman–Crippen LogP) is 2.09. The second-order valence-corrected chi connectivity index (χ2v) is 5.66. The summed E-state index contributed by atoms with van der Waals surface area (Å²) in [7, 11) is 0. The number of ketones is 1. The Balaban J connectivity index is 1.97. The Morgan fingerprint density at radius 3 is 2.57 bits per heavy atom. The Kier molecular flexibility index (Phi) is 2.42. The summed E-state index contributed by atoms with van der Waals surface area (Å²) in [6.07, 6.45) is 3.44. The molecule has 1 aliphatic heterocycles. The summed E-state index contributed by atoms with van der Waals surface area (Å²) in [5.41, 5.74) is 0.486. The summed E-state index contributed by atoms with van der Waals surface area (Å²) < 4.78 is 0. The molecule has 0 N–H and O–H groups in total. The molecule has 0 amide bonds. The molecule has 1 aliphatic carbocycles. The third kappa shape index (κ3) is 1.60. The standard InChI is InChI=1S/C12H21NO/c1-9-8-13(7-5-10(9)14)11-4-6-12(11,2)3/h9,11H,4-8H2,1-3H3. The fourth-order valence-corrected chi connectivity index (χ4v) is 2.86. The topological polar surface area (TPSA) is 20.3 Å². The van der Waals surface area contributed by atoms with Gasteiger partial charge in [-0.2, -0.15) is 0 Å². The van der Waals surface area contributed by atoms with Crippen LogP contribution >= 0.6 is 0 Å². The first-order valence-electron chi connectivity index (χ1n) is 5.77. The zero-order valence-electron chi connectivity index (χ0n) is 9.55. The van der Waals surface area contributed by atoms with Gasteiger partial charge in [0.25, 0.3) is 0 Å². The lowest BCUT2D eigenvalue weighted by Crippen LogP contribution is -2.56. The van der Waals surface area contributed by atoms with Crippen molar-refractivity contribution in [3.8, 4) is 0 Å². The van der Waals surface area contributed by atoms with E-state index in [4.69, 9.17) is 0 Å². The van der Waals surface area contributed by atoms with Crippen LogP contribution in [0.3, 0.4) is 0 Å². The molecule has 0 bridgehead atoms. The number of likely N-dealkylation sites (tertiary alicyclic amines) is 1. The molecule has 0 aromatic heterocycles. The van der Waals surface area contributed by atoms with Crippen molar-refractivity contribution in [3.05, 3.63) is 0 Å². The first-order valence-corrected chi connectivity index (χ1v) is 5.77. The minimum absolute atomic E-state index is 0.264. The maximum absolute atomic E-state index is 11.4. The maximum atomic E-state index is 11.4. The smallest absolute Gasteiger partial charge is 0.138 e. The average Bonchev–Trinajstić information content (AvgIpc) is 2.10. The van der Waals surface area contributed by atoms with Gasteiger partial charge < -0.3 is 0 Å². The van der Waals surface area contributed by atoms with Crippen LogP contribution in [0.1, 0.15) is 40.0 Å². The molecule has 2 aliphatic rings. The molecule has 2 unspecified atom stereocenters. The van der Waals surface area contributed by atoms with Crippen molar-refractivity contribution in [1.82, 2.24) is 4.90 Å². The van der Waals surface area contributed by atoms with Crippen LogP contribution in [0, 0.1) is 11.3 Å². The van der Waals surface area contributed by atoms with E-state index in [1.807, 2.05) is 0 Å². The Labute approximate surface area is 86.7 Å². The fourth-order valence-electron chi connectivity index (χ4n) is 2.86. The Morgan fingerprint density at radius 1 is 1.43 bits per heavy atom. The number of nitrogens with zero attached hydrogens (tertiary/aromatic N) is 1. The van der Waals surface area contributed by atoms with Gasteiger partial charge in [-0.1, -0.05) is 20.8 Å². The van der Waals surface area contributed by atoms with Crippen molar-refractivity contribution < 1.29 is 4.79 Å². The summed E-state index contributed by atoms with van der Waals surface area (Å²) in [4.78, 5) is 13.9. The Morgan fingerprint density at radius 2 is 2.14 bits per heavy atom. The molecule has 2 nitrogen and oxygen atoms in total. The number of hydrogen-bond acceptors (Lipinski definition) is 2. The Bertz CT molecular complexity index is 247. The number of carbonyl (C=O) groups is 1. The van der Waals surface area contributed by atoms with Crippen LogP contribution in [-0.2, 0) is 4.79 Å². The number of hydrogen-bond donors (Lipinski definition) is 0. The van der Waals surface area contributed by atoms with E-state index in [0.29, 0.717) is 11.2 Å². The van der Waals surface area contributed by atoms with Crippen LogP contribution in [0.25, 0.3) is 0 Å². The van der Waals surface area contributed by atoms with Crippen molar-refractivity contribution in [2.75, 3.05) is 13.1 Å². The summed E-state index contributed by atoms with van der Waals surface area (Å²) in [6, 6.07) is 0.734. The van der Waals surface area contributed by atoms with Crippen LogP contribution in [0.4, 0.5) is 0 Å². The zero-order chi connectivity index (χ0) is 10.3. The predicted molar refractivity (Wildman–Crippen MR) is 57.2 cm³/mol. The van der Waals surface area contributed by atoms with Crippen molar-refractivity contribution in [1.29, 1.82) is 0 Å². The quantitative estimate of drug-likeness (QED) is 0.638. The molecule has 1 saturated carbocycles. The highest BCUT2D eigenvalue weighted by molar-refractivity contribution is 5.81. The summed E-state index contributed by atoms with van der Waals surface area (Å²) in [5, 5.41) is 0. The van der Waals surface area contributed by atoms with E-state index in [2.05, 4.69) is 25.7 Å². The zero-order valence-corrected chi connectivity index (χ0v) is 9.55. The van der Waals surface area contributed by atoms with Gasteiger partial charge in [0.15, 0.2) is 0 Å². The summed E-state index contributed by atoms with van der Waals surface area (Å²) in [6.45, 7) is 8.76. The van der Waals surface area contributed by atoms with Crippen LogP contribution in [0.5, 0.6) is 0 Å². The normalized spacial score (nSPS) is 38.1. The van der Waals surface area contributed by atoms with Gasteiger partial charge in [0.1, 0.15) is 5.78 Å². The monoisotopic (exact) mass is 195 g/mol. The van der Waals surface area contributed by atoms with Gasteiger partial charge in [-0.15, -0.1) is 0 Å². The average molecular weight is 195 g/mol. The molecule has 2 fully saturated rings. The number of Topliss-reactive ketones (excluding diaryl/α,β-unsaturated/α-hetero) is 1. The molecule has 2 rings (SSSR count). The molecule has 80 valence electrons. The highest BCUT2D eigenvalue weighted by atomic mass is 16.1. The van der Waals surface area contributed by atoms with E-state index in [1.165, 1.54) is 12.8 Å². The van der Waals surface area contributed by atoms with E-state index in [0.717, 1.165) is 25.6 Å². The van der Waals surface area contributed by atoms with Gasteiger partial charge in [-0.3, -0.25) is 9.69 Å². The number of piperidine rings is 1. The van der Waals surface area contributed by atoms with Gasteiger partial charge in [0, 0.05) is 31.5 Å². The number of rotatable bonds is 1. The Hall–Kier alpha value is -0.370. The largest absolute Gasteiger partial charge is 0.299 e. The van der Waals surface area contributed by atoms with E-state index >= 15 is 0 Å². The van der Waals surface area contributed by atoms with Crippen LogP contribution in [-0.4, -0.2) is 29.8 Å². The molecule has 2 heteroatoms. The van der Waals surface area contributed by atoms with E-state index in [1.54, 1.807) is 0 Å². The molecule has 0 spiro atoms. The van der Waals surface area contributed by atoms with Gasteiger partial charge in [0.2, 0.25) is 0 Å². The lowest BCUT2D eigenvalue weighted by atomic mass is 9.66. The van der Waals surface area contributed by atoms with Crippen molar-refractivity contribution in [2.24, 2.45) is 11.3 Å². The van der Waals surface area contributed by atoms with E-state index in [-0.39, 0.29) is 5.92 Å². The van der Waals surface area contributed by atoms with E-state index < -0.39 is 0 Å². The molecule has 14 heavy (non-hydrogen) atoms. The second kappa shape index (κ2) is 3.34. The lowest BCUT2D eigenvalue weighted by Gasteiger charge is -2.52. The first kappa shape index (κ1) is 10.2. The highest BCUT2D eigenvalue weighted by Gasteiger charge is 2.43. The molecule has 1 saturated heterocycles.